The second-order valence-electron chi connectivity index (χ2n) is 6.61. The van der Waals surface area contributed by atoms with Crippen molar-refractivity contribution in [2.24, 2.45) is 0 Å². The Bertz CT molecular complexity index is 1040. The van der Waals surface area contributed by atoms with Gasteiger partial charge in [-0.05, 0) is 61.4 Å². The Hall–Kier alpha value is -1.93. The van der Waals surface area contributed by atoms with Gasteiger partial charge in [-0.25, -0.2) is 0 Å². The lowest BCUT2D eigenvalue weighted by Gasteiger charge is -2.15. The molecule has 9 heteroatoms. The highest BCUT2D eigenvalue weighted by molar-refractivity contribution is 8.26. The highest BCUT2D eigenvalue weighted by atomic mass is 35.5. The first-order chi connectivity index (χ1) is 14.8. The summed E-state index contributed by atoms with van der Waals surface area (Å²) in [6.45, 7) is 4.82. The molecule has 1 fully saturated rings. The quantitative estimate of drug-likeness (QED) is 0.253. The average Bonchev–Trinajstić information content (AvgIpc) is 2.96. The van der Waals surface area contributed by atoms with Crippen molar-refractivity contribution in [1.29, 1.82) is 0 Å². The third-order valence-corrected chi connectivity index (χ3v) is 6.53. The first-order valence-corrected chi connectivity index (χ1v) is 11.5. The largest absolute Gasteiger partial charge is 0.490 e. The Morgan fingerprint density at radius 2 is 1.84 bits per heavy atom. The van der Waals surface area contributed by atoms with Crippen LogP contribution in [0.2, 0.25) is 10.0 Å². The maximum atomic E-state index is 12.3. The molecule has 1 aliphatic heterocycles. The summed E-state index contributed by atoms with van der Waals surface area (Å²) in [6, 6.07) is 8.99. The number of hydrogen-bond acceptors (Lipinski definition) is 6. The molecular formula is C22H21Cl2NO4S2. The number of likely N-dealkylation sites (N-methyl/N-ethyl adjacent to an activating group) is 1. The second-order valence-corrected chi connectivity index (χ2v) is 9.10. The average molecular weight is 498 g/mol. The van der Waals surface area contributed by atoms with Crippen LogP contribution in [0.4, 0.5) is 0 Å². The van der Waals surface area contributed by atoms with Gasteiger partial charge in [-0.15, -0.1) is 0 Å². The van der Waals surface area contributed by atoms with Crippen LogP contribution in [0.25, 0.3) is 6.08 Å². The Labute approximate surface area is 201 Å². The summed E-state index contributed by atoms with van der Waals surface area (Å²) >= 11 is 18.9. The van der Waals surface area contributed by atoms with E-state index in [1.165, 1.54) is 16.7 Å². The predicted molar refractivity (Wildman–Crippen MR) is 131 cm³/mol. The minimum Gasteiger partial charge on any atom is -0.490 e. The van der Waals surface area contributed by atoms with Gasteiger partial charge in [0.1, 0.15) is 23.3 Å². The molecule has 1 aliphatic rings. The lowest BCUT2D eigenvalue weighted by Crippen LogP contribution is -2.22. The standard InChI is InChI=1S/C22H21Cl2NO4S2/c1-4-27-18-11-14(12-19-21(26)25(3)22(30)31-19)10-17(24)20(18)29-8-7-28-15-5-6-16(23)13(2)9-15/h5-6,9-12H,4,7-8H2,1-3H3/b19-12+. The zero-order chi connectivity index (χ0) is 22.5. The van der Waals surface area contributed by atoms with Gasteiger partial charge in [0.2, 0.25) is 0 Å². The molecule has 1 amide bonds. The number of amides is 1. The molecular weight excluding hydrogens is 477 g/mol. The zero-order valence-corrected chi connectivity index (χ0v) is 20.4. The van der Waals surface area contributed by atoms with Crippen LogP contribution >= 0.6 is 47.2 Å². The third kappa shape index (κ3) is 5.86. The summed E-state index contributed by atoms with van der Waals surface area (Å²) in [5.41, 5.74) is 1.67. The Balaban J connectivity index is 1.71. The Morgan fingerprint density at radius 3 is 2.48 bits per heavy atom. The smallest absolute Gasteiger partial charge is 0.265 e. The van der Waals surface area contributed by atoms with Gasteiger partial charge in [0, 0.05) is 12.1 Å². The molecule has 164 valence electrons. The van der Waals surface area contributed by atoms with E-state index in [-0.39, 0.29) is 12.5 Å². The van der Waals surface area contributed by atoms with E-state index in [1.807, 2.05) is 26.0 Å². The lowest BCUT2D eigenvalue weighted by molar-refractivity contribution is -0.121. The van der Waals surface area contributed by atoms with Gasteiger partial charge in [0.25, 0.3) is 5.91 Å². The van der Waals surface area contributed by atoms with E-state index in [4.69, 9.17) is 49.6 Å². The van der Waals surface area contributed by atoms with E-state index in [9.17, 15) is 4.79 Å². The maximum Gasteiger partial charge on any atom is 0.265 e. The van der Waals surface area contributed by atoms with E-state index in [0.717, 1.165) is 11.1 Å². The van der Waals surface area contributed by atoms with Crippen LogP contribution in [0.3, 0.4) is 0 Å². The first kappa shape index (κ1) is 23.7. The van der Waals surface area contributed by atoms with Gasteiger partial charge in [0.15, 0.2) is 11.5 Å². The number of halogens is 2. The minimum absolute atomic E-state index is 0.140. The fourth-order valence-corrected chi connectivity index (χ4v) is 4.35. The van der Waals surface area contributed by atoms with Crippen LogP contribution in [0.1, 0.15) is 18.1 Å². The molecule has 0 bridgehead atoms. The van der Waals surface area contributed by atoms with Crippen LogP contribution in [0.15, 0.2) is 35.2 Å². The Kier molecular flexibility index (Phi) is 8.11. The number of benzene rings is 2. The molecule has 0 radical (unpaired) electrons. The van der Waals surface area contributed by atoms with Crippen LogP contribution in [0, 0.1) is 6.92 Å². The molecule has 0 aromatic heterocycles. The number of thiocarbonyl (C=S) groups is 1. The van der Waals surface area contributed by atoms with Gasteiger partial charge in [-0.2, -0.15) is 0 Å². The van der Waals surface area contributed by atoms with Crippen LogP contribution < -0.4 is 14.2 Å². The van der Waals surface area contributed by atoms with Crippen molar-refractivity contribution in [3.8, 4) is 17.2 Å². The topological polar surface area (TPSA) is 48.0 Å². The van der Waals surface area contributed by atoms with Gasteiger partial charge in [-0.1, -0.05) is 47.2 Å². The van der Waals surface area contributed by atoms with Gasteiger partial charge >= 0.3 is 0 Å². The summed E-state index contributed by atoms with van der Waals surface area (Å²) in [5.74, 6) is 1.50. The number of rotatable bonds is 8. The molecule has 0 aliphatic carbocycles. The number of ether oxygens (including phenoxy) is 3. The number of hydrogen-bond donors (Lipinski definition) is 0. The molecule has 3 rings (SSSR count). The van der Waals surface area contributed by atoms with Crippen molar-refractivity contribution < 1.29 is 19.0 Å². The molecule has 5 nitrogen and oxygen atoms in total. The fourth-order valence-electron chi connectivity index (χ4n) is 2.78. The SMILES string of the molecule is CCOc1cc(/C=C2/SC(=S)N(C)C2=O)cc(Cl)c1OCCOc1ccc(Cl)c(C)c1. The predicted octanol–water partition coefficient (Wildman–Crippen LogP) is 5.99. The normalized spacial score (nSPS) is 15.0. The number of thioether (sulfide) groups is 1. The second kappa shape index (κ2) is 10.6. The molecule has 0 unspecified atom stereocenters. The summed E-state index contributed by atoms with van der Waals surface area (Å²) in [6.07, 6.45) is 1.74. The Morgan fingerprint density at radius 1 is 1.10 bits per heavy atom. The molecule has 0 N–H and O–H groups in total. The van der Waals surface area contributed by atoms with E-state index < -0.39 is 0 Å². The van der Waals surface area contributed by atoms with Crippen molar-refractivity contribution in [2.75, 3.05) is 26.9 Å². The van der Waals surface area contributed by atoms with Crippen LogP contribution in [0.5, 0.6) is 17.2 Å². The molecule has 31 heavy (non-hydrogen) atoms. The van der Waals surface area contributed by atoms with Crippen LogP contribution in [-0.4, -0.2) is 42.0 Å². The molecule has 0 spiro atoms. The maximum absolute atomic E-state index is 12.3. The molecule has 0 saturated carbocycles. The number of nitrogens with zero attached hydrogens (tertiary/aromatic N) is 1. The zero-order valence-electron chi connectivity index (χ0n) is 17.2. The molecule has 2 aromatic carbocycles. The van der Waals surface area contributed by atoms with Crippen molar-refractivity contribution >= 4 is 63.5 Å². The van der Waals surface area contributed by atoms with Gasteiger partial charge < -0.3 is 14.2 Å². The molecule has 0 atom stereocenters. The summed E-state index contributed by atoms with van der Waals surface area (Å²) in [5, 5.41) is 1.07. The molecule has 1 saturated heterocycles. The van der Waals surface area contributed by atoms with E-state index in [2.05, 4.69) is 0 Å². The van der Waals surface area contributed by atoms with Crippen molar-refractivity contribution in [2.45, 2.75) is 13.8 Å². The van der Waals surface area contributed by atoms with E-state index in [1.54, 1.807) is 31.3 Å². The highest BCUT2D eigenvalue weighted by Crippen LogP contribution is 2.39. The molecule has 2 aromatic rings. The van der Waals surface area contributed by atoms with Crippen molar-refractivity contribution in [1.82, 2.24) is 4.90 Å². The number of carbonyl (C=O) groups excluding carboxylic acids is 1. The summed E-state index contributed by atoms with van der Waals surface area (Å²) < 4.78 is 17.8. The van der Waals surface area contributed by atoms with Crippen LogP contribution in [-0.2, 0) is 4.79 Å². The summed E-state index contributed by atoms with van der Waals surface area (Å²) in [7, 11) is 1.65. The van der Waals surface area contributed by atoms with E-state index in [0.29, 0.717) is 49.7 Å². The summed E-state index contributed by atoms with van der Waals surface area (Å²) in [4.78, 5) is 14.2. The molecule has 1 heterocycles. The third-order valence-electron chi connectivity index (χ3n) is 4.34. The lowest BCUT2D eigenvalue weighted by atomic mass is 10.1. The highest BCUT2D eigenvalue weighted by Gasteiger charge is 2.28. The van der Waals surface area contributed by atoms with Crippen molar-refractivity contribution in [3.05, 3.63) is 56.4 Å². The first-order valence-electron chi connectivity index (χ1n) is 9.49. The van der Waals surface area contributed by atoms with Crippen molar-refractivity contribution in [3.63, 3.8) is 0 Å². The fraction of sp³-hybridized carbons (Fsp3) is 0.273. The monoisotopic (exact) mass is 497 g/mol. The van der Waals surface area contributed by atoms with Gasteiger partial charge in [-0.3, -0.25) is 9.69 Å². The number of carbonyl (C=O) groups is 1. The minimum atomic E-state index is -0.140. The number of aryl methyl sites for hydroxylation is 1. The van der Waals surface area contributed by atoms with Gasteiger partial charge in [0.05, 0.1) is 16.5 Å². The van der Waals surface area contributed by atoms with E-state index >= 15 is 0 Å².